The van der Waals surface area contributed by atoms with E-state index in [0.29, 0.717) is 31.2 Å². The van der Waals surface area contributed by atoms with Crippen LogP contribution in [0, 0.1) is 0 Å². The zero-order valence-corrected chi connectivity index (χ0v) is 13.9. The summed E-state index contributed by atoms with van der Waals surface area (Å²) in [6, 6.07) is 17.0. The molecule has 0 aliphatic rings. The molecule has 1 amide bonds. The molecule has 0 saturated carbocycles. The second-order valence-corrected chi connectivity index (χ2v) is 5.50. The van der Waals surface area contributed by atoms with E-state index in [1.54, 1.807) is 7.11 Å². The number of carbonyl (C=O) groups is 1. The van der Waals surface area contributed by atoms with Crippen LogP contribution in [0.5, 0.6) is 5.75 Å². The molecule has 1 aromatic heterocycles. The molecule has 0 bridgehead atoms. The fourth-order valence-electron chi connectivity index (χ4n) is 2.38. The van der Waals surface area contributed by atoms with Crippen molar-refractivity contribution in [2.24, 2.45) is 0 Å². The molecule has 1 heterocycles. The van der Waals surface area contributed by atoms with Gasteiger partial charge in [0.25, 0.3) is 0 Å². The summed E-state index contributed by atoms with van der Waals surface area (Å²) in [5.74, 6) is 1.62. The molecular weight excluding hydrogens is 318 g/mol. The Morgan fingerprint density at radius 1 is 1.12 bits per heavy atom. The minimum absolute atomic E-state index is 0.0289. The van der Waals surface area contributed by atoms with Gasteiger partial charge in [-0.1, -0.05) is 36.4 Å². The average molecular weight is 337 g/mol. The van der Waals surface area contributed by atoms with Gasteiger partial charge in [-0.25, -0.2) is 0 Å². The molecule has 0 fully saturated rings. The van der Waals surface area contributed by atoms with Gasteiger partial charge in [-0.05, 0) is 23.8 Å². The maximum atomic E-state index is 11.9. The molecule has 128 valence electrons. The number of ether oxygens (including phenoxy) is 1. The quantitative estimate of drug-likeness (QED) is 0.717. The van der Waals surface area contributed by atoms with Gasteiger partial charge in [-0.3, -0.25) is 4.79 Å². The molecule has 6 heteroatoms. The lowest BCUT2D eigenvalue weighted by atomic mass is 10.1. The highest BCUT2D eigenvalue weighted by Crippen LogP contribution is 2.22. The number of nitrogens with zero attached hydrogens (tertiary/aromatic N) is 2. The lowest BCUT2D eigenvalue weighted by molar-refractivity contribution is -0.120. The van der Waals surface area contributed by atoms with Crippen LogP contribution in [-0.4, -0.2) is 29.8 Å². The van der Waals surface area contributed by atoms with Crippen LogP contribution in [-0.2, 0) is 17.6 Å². The maximum Gasteiger partial charge on any atom is 0.247 e. The Morgan fingerprint density at radius 3 is 2.76 bits per heavy atom. The lowest BCUT2D eigenvalue weighted by Crippen LogP contribution is -2.27. The monoisotopic (exact) mass is 337 g/mol. The summed E-state index contributed by atoms with van der Waals surface area (Å²) < 4.78 is 10.8. The number of aromatic nitrogens is 2. The standard InChI is InChI=1S/C19H19N3O3/c1-24-16-9-5-8-15(13-16)19-22-21-18(25-19)10-11-20-17(23)12-14-6-3-2-4-7-14/h2-9,13H,10-12H2,1H3,(H,20,23). The van der Waals surface area contributed by atoms with Gasteiger partial charge in [0.1, 0.15) is 5.75 Å². The van der Waals surface area contributed by atoms with Crippen LogP contribution < -0.4 is 10.1 Å². The third-order valence-electron chi connectivity index (χ3n) is 3.65. The van der Waals surface area contributed by atoms with E-state index >= 15 is 0 Å². The van der Waals surface area contributed by atoms with Crippen molar-refractivity contribution in [1.82, 2.24) is 15.5 Å². The molecule has 0 saturated heterocycles. The van der Waals surface area contributed by atoms with Gasteiger partial charge in [-0.15, -0.1) is 10.2 Å². The number of amides is 1. The zero-order chi connectivity index (χ0) is 17.5. The van der Waals surface area contributed by atoms with Crippen molar-refractivity contribution in [3.63, 3.8) is 0 Å². The van der Waals surface area contributed by atoms with E-state index in [0.717, 1.165) is 16.9 Å². The molecule has 1 N–H and O–H groups in total. The third-order valence-corrected chi connectivity index (χ3v) is 3.65. The van der Waals surface area contributed by atoms with Crippen molar-refractivity contribution in [2.45, 2.75) is 12.8 Å². The summed E-state index contributed by atoms with van der Waals surface area (Å²) in [5.41, 5.74) is 1.78. The van der Waals surface area contributed by atoms with Crippen LogP contribution in [0.2, 0.25) is 0 Å². The van der Waals surface area contributed by atoms with E-state index in [9.17, 15) is 4.79 Å². The Hall–Kier alpha value is -3.15. The summed E-state index contributed by atoms with van der Waals surface area (Å²) in [4.78, 5) is 11.9. The molecule has 0 atom stereocenters. The topological polar surface area (TPSA) is 77.3 Å². The van der Waals surface area contributed by atoms with Crippen LogP contribution >= 0.6 is 0 Å². The minimum atomic E-state index is -0.0289. The van der Waals surface area contributed by atoms with Crippen LogP contribution in [0.3, 0.4) is 0 Å². The van der Waals surface area contributed by atoms with Gasteiger partial charge in [0.05, 0.1) is 13.5 Å². The van der Waals surface area contributed by atoms with Crippen LogP contribution in [0.1, 0.15) is 11.5 Å². The number of hydrogen-bond donors (Lipinski definition) is 1. The van der Waals surface area contributed by atoms with Crippen molar-refractivity contribution in [3.05, 3.63) is 66.1 Å². The Bertz CT molecular complexity index is 831. The summed E-state index contributed by atoms with van der Waals surface area (Å²) in [5, 5.41) is 10.9. The molecule has 3 rings (SSSR count). The third kappa shape index (κ3) is 4.67. The molecule has 25 heavy (non-hydrogen) atoms. The highest BCUT2D eigenvalue weighted by Gasteiger charge is 2.10. The zero-order valence-electron chi connectivity index (χ0n) is 13.9. The fourth-order valence-corrected chi connectivity index (χ4v) is 2.38. The van der Waals surface area contributed by atoms with Crippen molar-refractivity contribution >= 4 is 5.91 Å². The predicted octanol–water partition coefficient (Wildman–Crippen LogP) is 2.65. The number of carbonyl (C=O) groups excluding carboxylic acids is 1. The van der Waals surface area contributed by atoms with Crippen LogP contribution in [0.4, 0.5) is 0 Å². The van der Waals surface area contributed by atoms with Crippen molar-refractivity contribution in [1.29, 1.82) is 0 Å². The first-order valence-corrected chi connectivity index (χ1v) is 8.02. The number of hydrogen-bond acceptors (Lipinski definition) is 5. The molecule has 0 unspecified atom stereocenters. The van der Waals surface area contributed by atoms with Gasteiger partial charge in [-0.2, -0.15) is 0 Å². The molecule has 2 aromatic carbocycles. The van der Waals surface area contributed by atoms with Gasteiger partial charge in [0.15, 0.2) is 0 Å². The van der Waals surface area contributed by atoms with Gasteiger partial charge in [0.2, 0.25) is 17.7 Å². The number of benzene rings is 2. The normalized spacial score (nSPS) is 10.4. The fraction of sp³-hybridized carbons (Fsp3) is 0.211. The SMILES string of the molecule is COc1cccc(-c2nnc(CCNC(=O)Cc3ccccc3)o2)c1. The van der Waals surface area contributed by atoms with Crippen LogP contribution in [0.25, 0.3) is 11.5 Å². The van der Waals surface area contributed by atoms with Gasteiger partial charge in [0, 0.05) is 18.5 Å². The first kappa shape index (κ1) is 16.7. The summed E-state index contributed by atoms with van der Waals surface area (Å²) in [6.45, 7) is 0.450. The molecule has 6 nitrogen and oxygen atoms in total. The largest absolute Gasteiger partial charge is 0.497 e. The second kappa shape index (κ2) is 8.10. The highest BCUT2D eigenvalue weighted by molar-refractivity contribution is 5.78. The Balaban J connectivity index is 1.51. The maximum absolute atomic E-state index is 11.9. The molecule has 0 aliphatic carbocycles. The summed E-state index contributed by atoms with van der Waals surface area (Å²) in [7, 11) is 1.61. The van der Waals surface area contributed by atoms with Crippen LogP contribution in [0.15, 0.2) is 59.0 Å². The summed E-state index contributed by atoms with van der Waals surface area (Å²) >= 11 is 0. The Labute approximate surface area is 145 Å². The molecule has 3 aromatic rings. The highest BCUT2D eigenvalue weighted by atomic mass is 16.5. The summed E-state index contributed by atoms with van der Waals surface area (Å²) in [6.07, 6.45) is 0.844. The second-order valence-electron chi connectivity index (χ2n) is 5.50. The number of methoxy groups -OCH3 is 1. The number of nitrogens with one attached hydrogen (secondary N) is 1. The molecule has 0 spiro atoms. The Kier molecular flexibility index (Phi) is 5.41. The van der Waals surface area contributed by atoms with E-state index in [1.807, 2.05) is 54.6 Å². The number of rotatable bonds is 7. The smallest absolute Gasteiger partial charge is 0.247 e. The molecular formula is C19H19N3O3. The van der Waals surface area contributed by atoms with Gasteiger partial charge < -0.3 is 14.5 Å². The van der Waals surface area contributed by atoms with E-state index in [1.165, 1.54) is 0 Å². The minimum Gasteiger partial charge on any atom is -0.497 e. The first-order valence-electron chi connectivity index (χ1n) is 8.02. The molecule has 0 radical (unpaired) electrons. The van der Waals surface area contributed by atoms with Crippen molar-refractivity contribution < 1.29 is 13.9 Å². The molecule has 0 aliphatic heterocycles. The predicted molar refractivity (Wildman–Crippen MR) is 93.1 cm³/mol. The van der Waals surface area contributed by atoms with E-state index in [2.05, 4.69) is 15.5 Å². The lowest BCUT2D eigenvalue weighted by Gasteiger charge is -2.03. The van der Waals surface area contributed by atoms with Crippen molar-refractivity contribution in [3.8, 4) is 17.2 Å². The van der Waals surface area contributed by atoms with E-state index in [-0.39, 0.29) is 5.91 Å². The Morgan fingerprint density at radius 2 is 1.96 bits per heavy atom. The van der Waals surface area contributed by atoms with Gasteiger partial charge >= 0.3 is 0 Å². The van der Waals surface area contributed by atoms with E-state index < -0.39 is 0 Å². The van der Waals surface area contributed by atoms with Crippen molar-refractivity contribution in [2.75, 3.05) is 13.7 Å². The first-order chi connectivity index (χ1) is 12.2. The average Bonchev–Trinajstić information content (AvgIpc) is 3.11. The van der Waals surface area contributed by atoms with E-state index in [4.69, 9.17) is 9.15 Å².